The third kappa shape index (κ3) is 3.10. The van der Waals surface area contributed by atoms with Crippen molar-refractivity contribution in [2.24, 2.45) is 0 Å². The summed E-state index contributed by atoms with van der Waals surface area (Å²) < 4.78 is 0. The van der Waals surface area contributed by atoms with Crippen LogP contribution in [0.3, 0.4) is 0 Å². The van der Waals surface area contributed by atoms with Crippen molar-refractivity contribution in [1.29, 1.82) is 0 Å². The number of likely N-dealkylation sites (tertiary alicyclic amines) is 1. The van der Waals surface area contributed by atoms with E-state index < -0.39 is 0 Å². The van der Waals surface area contributed by atoms with Crippen molar-refractivity contribution in [3.8, 4) is 0 Å². The van der Waals surface area contributed by atoms with Gasteiger partial charge in [-0.15, -0.1) is 0 Å². The first-order chi connectivity index (χ1) is 9.27. The molecule has 3 N–H and O–H groups in total. The molecule has 0 radical (unpaired) electrons. The topological polar surface area (TPSA) is 75.4 Å². The molecule has 5 nitrogen and oxygen atoms in total. The van der Waals surface area contributed by atoms with Crippen molar-refractivity contribution in [1.82, 2.24) is 10.2 Å². The lowest BCUT2D eigenvalue weighted by Crippen LogP contribution is -2.44. The molecule has 5 heteroatoms. The average molecular weight is 275 g/mol. The van der Waals surface area contributed by atoms with Gasteiger partial charge in [0.15, 0.2) is 0 Å². The van der Waals surface area contributed by atoms with E-state index in [4.69, 9.17) is 5.73 Å². The Morgan fingerprint density at radius 3 is 2.65 bits per heavy atom. The zero-order chi connectivity index (χ0) is 14.9. The molecule has 1 unspecified atom stereocenters. The van der Waals surface area contributed by atoms with E-state index in [0.717, 1.165) is 0 Å². The van der Waals surface area contributed by atoms with Gasteiger partial charge in [-0.2, -0.15) is 0 Å². The normalized spacial score (nSPS) is 19.2. The molecule has 0 spiro atoms. The fourth-order valence-corrected chi connectivity index (χ4v) is 2.40. The van der Waals surface area contributed by atoms with Gasteiger partial charge in [0.05, 0.1) is 6.04 Å². The summed E-state index contributed by atoms with van der Waals surface area (Å²) >= 11 is 0. The number of anilines is 1. The summed E-state index contributed by atoms with van der Waals surface area (Å²) in [7, 11) is 0. The fourth-order valence-electron chi connectivity index (χ4n) is 2.40. The summed E-state index contributed by atoms with van der Waals surface area (Å²) in [5.41, 5.74) is 6.52. The number of nitrogen functional groups attached to an aromatic ring is 1. The number of amides is 2. The van der Waals surface area contributed by atoms with Gasteiger partial charge in [-0.05, 0) is 39.0 Å². The van der Waals surface area contributed by atoms with Gasteiger partial charge in [-0.1, -0.05) is 6.07 Å². The lowest BCUT2D eigenvalue weighted by Gasteiger charge is -2.32. The second-order valence-electron chi connectivity index (χ2n) is 6.18. The number of rotatable bonds is 2. The largest absolute Gasteiger partial charge is 0.399 e. The van der Waals surface area contributed by atoms with Crippen LogP contribution in [0.4, 0.5) is 5.69 Å². The molecule has 1 aromatic rings. The summed E-state index contributed by atoms with van der Waals surface area (Å²) in [6.45, 7) is 6.53. The quantitative estimate of drug-likeness (QED) is 0.801. The Morgan fingerprint density at radius 1 is 1.40 bits per heavy atom. The molecule has 108 valence electrons. The van der Waals surface area contributed by atoms with Crippen LogP contribution in [0.25, 0.3) is 0 Å². The third-order valence-electron chi connectivity index (χ3n) is 3.42. The number of nitrogens with one attached hydrogen (secondary N) is 1. The molecule has 0 bridgehead atoms. The maximum Gasteiger partial charge on any atom is 0.251 e. The van der Waals surface area contributed by atoms with Crippen LogP contribution >= 0.6 is 0 Å². The van der Waals surface area contributed by atoms with E-state index in [1.165, 1.54) is 0 Å². The second kappa shape index (κ2) is 5.15. The van der Waals surface area contributed by atoms with E-state index in [-0.39, 0.29) is 23.4 Å². The average Bonchev–Trinajstić information content (AvgIpc) is 2.70. The second-order valence-corrected chi connectivity index (χ2v) is 6.18. The lowest BCUT2D eigenvalue weighted by molar-refractivity contribution is -0.131. The van der Waals surface area contributed by atoms with Gasteiger partial charge in [0, 0.05) is 29.8 Å². The minimum absolute atomic E-state index is 0.0791. The molecular weight excluding hydrogens is 254 g/mol. The van der Waals surface area contributed by atoms with E-state index in [2.05, 4.69) is 5.32 Å². The predicted molar refractivity (Wildman–Crippen MR) is 78.2 cm³/mol. The maximum atomic E-state index is 12.1. The van der Waals surface area contributed by atoms with Gasteiger partial charge < -0.3 is 16.0 Å². The minimum Gasteiger partial charge on any atom is -0.399 e. The number of carbonyl (C=O) groups is 2. The standard InChI is InChI=1S/C15H21N3O2/c1-15(2,3)18-9-12(8-13(18)19)17-14(20)10-5-4-6-11(16)7-10/h4-7,12H,8-9,16H2,1-3H3,(H,17,20). The van der Waals surface area contributed by atoms with Gasteiger partial charge in [0.25, 0.3) is 5.91 Å². The molecule has 1 aliphatic heterocycles. The van der Waals surface area contributed by atoms with Crippen LogP contribution < -0.4 is 11.1 Å². The minimum atomic E-state index is -0.215. The molecule has 1 aliphatic rings. The fraction of sp³-hybridized carbons (Fsp3) is 0.467. The Hall–Kier alpha value is -2.04. The molecule has 1 atom stereocenters. The van der Waals surface area contributed by atoms with Crippen molar-refractivity contribution in [3.63, 3.8) is 0 Å². The first-order valence-corrected chi connectivity index (χ1v) is 6.74. The highest BCUT2D eigenvalue weighted by molar-refractivity contribution is 5.95. The maximum absolute atomic E-state index is 12.1. The zero-order valence-corrected chi connectivity index (χ0v) is 12.1. The molecule has 2 amide bonds. The highest BCUT2D eigenvalue weighted by Crippen LogP contribution is 2.22. The summed E-state index contributed by atoms with van der Waals surface area (Å²) in [4.78, 5) is 25.9. The summed E-state index contributed by atoms with van der Waals surface area (Å²) in [5, 5.41) is 2.90. The molecule has 0 aliphatic carbocycles. The number of benzene rings is 1. The molecule has 2 rings (SSSR count). The van der Waals surface area contributed by atoms with Crippen molar-refractivity contribution in [3.05, 3.63) is 29.8 Å². The van der Waals surface area contributed by atoms with Crippen molar-refractivity contribution in [2.45, 2.75) is 38.8 Å². The van der Waals surface area contributed by atoms with E-state index in [0.29, 0.717) is 24.2 Å². The van der Waals surface area contributed by atoms with Crippen LogP contribution in [0.5, 0.6) is 0 Å². The molecule has 0 saturated carbocycles. The molecule has 0 aromatic heterocycles. The Balaban J connectivity index is 2.02. The number of carbonyl (C=O) groups excluding carboxylic acids is 2. The Morgan fingerprint density at radius 2 is 2.10 bits per heavy atom. The summed E-state index contributed by atoms with van der Waals surface area (Å²) in [6.07, 6.45) is 0.353. The molecule has 1 fully saturated rings. The van der Waals surface area contributed by atoms with Crippen LogP contribution in [-0.2, 0) is 4.79 Å². The number of hydrogen-bond donors (Lipinski definition) is 2. The Kier molecular flexibility index (Phi) is 3.70. The SMILES string of the molecule is CC(C)(C)N1CC(NC(=O)c2cccc(N)c2)CC1=O. The third-order valence-corrected chi connectivity index (χ3v) is 3.42. The van der Waals surface area contributed by atoms with Crippen LogP contribution in [0.2, 0.25) is 0 Å². The van der Waals surface area contributed by atoms with Gasteiger partial charge >= 0.3 is 0 Å². The monoisotopic (exact) mass is 275 g/mol. The van der Waals surface area contributed by atoms with Crippen molar-refractivity contribution < 1.29 is 9.59 Å². The number of nitrogens with two attached hydrogens (primary N) is 1. The molecule has 1 heterocycles. The highest BCUT2D eigenvalue weighted by atomic mass is 16.2. The van der Waals surface area contributed by atoms with Crippen LogP contribution in [0.15, 0.2) is 24.3 Å². The van der Waals surface area contributed by atoms with Crippen LogP contribution in [0.1, 0.15) is 37.6 Å². The molecule has 1 aromatic carbocycles. The van der Waals surface area contributed by atoms with Gasteiger partial charge in [0.2, 0.25) is 5.91 Å². The zero-order valence-electron chi connectivity index (χ0n) is 12.1. The first kappa shape index (κ1) is 14.4. The van der Waals surface area contributed by atoms with Crippen LogP contribution in [0, 0.1) is 0 Å². The van der Waals surface area contributed by atoms with Gasteiger partial charge in [0.1, 0.15) is 0 Å². The predicted octanol–water partition coefficient (Wildman–Crippen LogP) is 1.40. The number of hydrogen-bond acceptors (Lipinski definition) is 3. The van der Waals surface area contributed by atoms with Gasteiger partial charge in [-0.25, -0.2) is 0 Å². The smallest absolute Gasteiger partial charge is 0.251 e. The summed E-state index contributed by atoms with van der Waals surface area (Å²) in [5.74, 6) is -0.110. The van der Waals surface area contributed by atoms with Crippen molar-refractivity contribution in [2.75, 3.05) is 12.3 Å². The van der Waals surface area contributed by atoms with Crippen molar-refractivity contribution >= 4 is 17.5 Å². The molecular formula is C15H21N3O2. The molecule has 20 heavy (non-hydrogen) atoms. The van der Waals surface area contributed by atoms with Crippen LogP contribution in [-0.4, -0.2) is 34.8 Å². The number of nitrogens with zero attached hydrogens (tertiary/aromatic N) is 1. The van der Waals surface area contributed by atoms with E-state index in [1.54, 1.807) is 29.2 Å². The van der Waals surface area contributed by atoms with Gasteiger partial charge in [-0.3, -0.25) is 9.59 Å². The molecule has 1 saturated heterocycles. The Labute approximate surface area is 119 Å². The lowest BCUT2D eigenvalue weighted by atomic mass is 10.1. The Bertz CT molecular complexity index is 534. The highest BCUT2D eigenvalue weighted by Gasteiger charge is 2.36. The van der Waals surface area contributed by atoms with E-state index in [9.17, 15) is 9.59 Å². The first-order valence-electron chi connectivity index (χ1n) is 6.74. The van der Waals surface area contributed by atoms with E-state index >= 15 is 0 Å². The van der Waals surface area contributed by atoms with E-state index in [1.807, 2.05) is 20.8 Å². The summed E-state index contributed by atoms with van der Waals surface area (Å²) in [6, 6.07) is 6.68.